The van der Waals surface area contributed by atoms with Crippen LogP contribution in [0.15, 0.2) is 34.8 Å². The van der Waals surface area contributed by atoms with Gasteiger partial charge in [-0.25, -0.2) is 0 Å². The van der Waals surface area contributed by atoms with E-state index in [9.17, 15) is 39.6 Å². The standard InChI is InChI=1S/C29H33IN2O9/c1-11-15-13(30)9-10-14(33)17(15)22(34)18-16(11)24(41-28(39)12-7-5-4-6-8-12)20-21(32(2)3)23(35)19(27(31)38)26(37)29(20,40)25(18)36/h9-12,16,20-21,24,33,35-36,40H,4-8H2,1-3H3,(H2,31,38)/t11-,16+,20+,21-,24-,29-/m1/s1. The van der Waals surface area contributed by atoms with Gasteiger partial charge in [0.25, 0.3) is 5.91 Å². The minimum absolute atomic E-state index is 0.0949. The average molecular weight is 680 g/mol. The molecule has 0 bridgehead atoms. The van der Waals surface area contributed by atoms with E-state index in [-0.39, 0.29) is 11.3 Å². The second kappa shape index (κ2) is 10.4. The Morgan fingerprint density at radius 1 is 1.10 bits per heavy atom. The number of benzene rings is 1. The minimum Gasteiger partial charge on any atom is -0.510 e. The fraction of sp³-hybridized carbons (Fsp3) is 0.517. The van der Waals surface area contributed by atoms with E-state index in [1.807, 2.05) is 22.6 Å². The van der Waals surface area contributed by atoms with Gasteiger partial charge in [0.2, 0.25) is 5.78 Å². The summed E-state index contributed by atoms with van der Waals surface area (Å²) >= 11 is 2.03. The van der Waals surface area contributed by atoms with E-state index < -0.39 is 87.5 Å². The molecule has 4 aliphatic carbocycles. The lowest BCUT2D eigenvalue weighted by atomic mass is 9.55. The molecule has 1 aromatic rings. The fourth-order valence-electron chi connectivity index (χ4n) is 7.33. The lowest BCUT2D eigenvalue weighted by Crippen LogP contribution is -2.69. The number of phenolic OH excluding ortho intramolecular Hbond substituents is 1. The number of ketones is 2. The third kappa shape index (κ3) is 4.20. The molecule has 220 valence electrons. The van der Waals surface area contributed by atoms with Crippen molar-refractivity contribution in [3.63, 3.8) is 0 Å². The molecule has 1 amide bonds. The monoisotopic (exact) mass is 680 g/mol. The SMILES string of the molecule is C[C@@H]1c2c(I)ccc(O)c2C(=O)C2=C(O)[C@@]3(O)C(=O)C(C(N)=O)=C(O)[C@H](N(C)C)[C@H]3[C@H](OC(=O)C3CCCCC3)[C@H]21. The van der Waals surface area contributed by atoms with E-state index in [4.69, 9.17) is 10.5 Å². The summed E-state index contributed by atoms with van der Waals surface area (Å²) < 4.78 is 6.82. The number of ether oxygens (including phenoxy) is 1. The highest BCUT2D eigenvalue weighted by molar-refractivity contribution is 14.1. The largest absolute Gasteiger partial charge is 0.510 e. The Morgan fingerprint density at radius 2 is 1.73 bits per heavy atom. The Hall–Kier alpha value is -2.97. The lowest BCUT2D eigenvalue weighted by molar-refractivity contribution is -0.184. The number of aromatic hydroxyl groups is 1. The van der Waals surface area contributed by atoms with E-state index in [0.717, 1.165) is 19.3 Å². The Labute approximate surface area is 250 Å². The normalized spacial score (nSPS) is 32.0. The Balaban J connectivity index is 1.80. The van der Waals surface area contributed by atoms with Crippen LogP contribution in [0.3, 0.4) is 0 Å². The van der Waals surface area contributed by atoms with Crippen LogP contribution in [-0.2, 0) is 19.1 Å². The number of carbonyl (C=O) groups is 4. The Kier molecular flexibility index (Phi) is 7.48. The topological polar surface area (TPSA) is 188 Å². The number of esters is 1. The van der Waals surface area contributed by atoms with Crippen molar-refractivity contribution in [2.45, 2.75) is 62.7 Å². The number of fused-ring (bicyclic) bond motifs is 3. The fourth-order valence-corrected chi connectivity index (χ4v) is 8.27. The number of hydrogen-bond acceptors (Lipinski definition) is 10. The quantitative estimate of drug-likeness (QED) is 0.180. The average Bonchev–Trinajstić information content (AvgIpc) is 2.91. The van der Waals surface area contributed by atoms with Crippen molar-refractivity contribution in [2.75, 3.05) is 14.1 Å². The number of nitrogens with zero attached hydrogens (tertiary/aromatic N) is 1. The molecular formula is C29H33IN2O9. The first-order valence-corrected chi connectivity index (χ1v) is 14.7. The van der Waals surface area contributed by atoms with E-state index in [1.165, 1.54) is 25.1 Å². The molecule has 0 spiro atoms. The smallest absolute Gasteiger partial charge is 0.309 e. The first-order chi connectivity index (χ1) is 19.2. The van der Waals surface area contributed by atoms with Gasteiger partial charge in [0.05, 0.1) is 23.4 Å². The van der Waals surface area contributed by atoms with Crippen molar-refractivity contribution in [1.82, 2.24) is 4.90 Å². The van der Waals surface area contributed by atoms with Crippen LogP contribution in [0.1, 0.15) is 60.9 Å². The Morgan fingerprint density at radius 3 is 2.32 bits per heavy atom. The maximum Gasteiger partial charge on any atom is 0.309 e. The van der Waals surface area contributed by atoms with Gasteiger partial charge >= 0.3 is 5.97 Å². The molecule has 41 heavy (non-hydrogen) atoms. The van der Waals surface area contributed by atoms with Crippen molar-refractivity contribution in [2.24, 2.45) is 23.5 Å². The number of rotatable bonds is 4. The number of amides is 1. The molecule has 0 radical (unpaired) electrons. The number of carbonyl (C=O) groups excluding carboxylic acids is 4. The molecule has 4 aliphatic rings. The predicted molar refractivity (Wildman–Crippen MR) is 153 cm³/mol. The van der Waals surface area contributed by atoms with Crippen molar-refractivity contribution in [1.29, 1.82) is 0 Å². The molecule has 0 aliphatic heterocycles. The molecule has 0 heterocycles. The predicted octanol–water partition coefficient (Wildman–Crippen LogP) is 2.39. The van der Waals surface area contributed by atoms with Crippen molar-refractivity contribution in [3.05, 3.63) is 49.5 Å². The number of nitrogens with two attached hydrogens (primary N) is 1. The van der Waals surface area contributed by atoms with Crippen LogP contribution in [0.4, 0.5) is 0 Å². The molecule has 0 aromatic heterocycles. The van der Waals surface area contributed by atoms with Gasteiger partial charge < -0.3 is 30.9 Å². The second-order valence-electron chi connectivity index (χ2n) is 11.7. The number of hydrogen-bond donors (Lipinski definition) is 5. The van der Waals surface area contributed by atoms with Crippen LogP contribution in [0, 0.1) is 21.3 Å². The van der Waals surface area contributed by atoms with Gasteiger partial charge in [0, 0.05) is 15.1 Å². The number of likely N-dealkylation sites (N-methyl/N-ethyl adjacent to an activating group) is 1. The van der Waals surface area contributed by atoms with Crippen LogP contribution in [0.5, 0.6) is 5.75 Å². The highest BCUT2D eigenvalue weighted by atomic mass is 127. The van der Waals surface area contributed by atoms with Crippen LogP contribution < -0.4 is 5.73 Å². The molecule has 1 fully saturated rings. The van der Waals surface area contributed by atoms with E-state index >= 15 is 0 Å². The van der Waals surface area contributed by atoms with Crippen molar-refractivity contribution < 1.29 is 44.3 Å². The first kappa shape index (κ1) is 29.5. The zero-order valence-electron chi connectivity index (χ0n) is 22.9. The van der Waals surface area contributed by atoms with E-state index in [2.05, 4.69) is 0 Å². The molecular weight excluding hydrogens is 647 g/mol. The lowest BCUT2D eigenvalue weighted by Gasteiger charge is -2.54. The molecule has 1 saturated carbocycles. The number of phenols is 1. The summed E-state index contributed by atoms with van der Waals surface area (Å²) in [5.74, 6) is -9.87. The summed E-state index contributed by atoms with van der Waals surface area (Å²) in [4.78, 5) is 55.2. The third-order valence-electron chi connectivity index (χ3n) is 9.22. The molecule has 11 nitrogen and oxygen atoms in total. The summed E-state index contributed by atoms with van der Waals surface area (Å²) in [6.45, 7) is 1.75. The maximum absolute atomic E-state index is 14.0. The van der Waals surface area contributed by atoms with Crippen LogP contribution in [0.2, 0.25) is 0 Å². The minimum atomic E-state index is -2.95. The van der Waals surface area contributed by atoms with Crippen LogP contribution >= 0.6 is 22.6 Å². The molecule has 5 rings (SSSR count). The number of aliphatic hydroxyl groups excluding tert-OH is 2. The van der Waals surface area contributed by atoms with Gasteiger partial charge in [-0.05, 0) is 73.1 Å². The summed E-state index contributed by atoms with van der Waals surface area (Å²) in [5.41, 5.74) is 1.57. The number of aliphatic hydroxyl groups is 3. The van der Waals surface area contributed by atoms with Gasteiger partial charge in [0.15, 0.2) is 11.4 Å². The number of halogens is 1. The molecule has 0 saturated heterocycles. The summed E-state index contributed by atoms with van der Waals surface area (Å²) in [7, 11) is 3.05. The van der Waals surface area contributed by atoms with E-state index in [1.54, 1.807) is 13.0 Å². The van der Waals surface area contributed by atoms with Gasteiger partial charge in [-0.15, -0.1) is 0 Å². The van der Waals surface area contributed by atoms with Gasteiger partial charge in [-0.3, -0.25) is 24.1 Å². The number of primary amides is 1. The first-order valence-electron chi connectivity index (χ1n) is 13.6. The van der Waals surface area contributed by atoms with Crippen molar-refractivity contribution in [3.8, 4) is 5.75 Å². The third-order valence-corrected chi connectivity index (χ3v) is 10.2. The highest BCUT2D eigenvalue weighted by Crippen LogP contribution is 2.57. The van der Waals surface area contributed by atoms with Crippen molar-refractivity contribution >= 4 is 46.0 Å². The van der Waals surface area contributed by atoms with Gasteiger partial charge in [0.1, 0.15) is 28.9 Å². The molecule has 12 heteroatoms. The maximum atomic E-state index is 14.0. The summed E-state index contributed by atoms with van der Waals surface area (Å²) in [5, 5.41) is 45.7. The molecule has 1 aromatic carbocycles. The molecule has 6 atom stereocenters. The Bertz CT molecular complexity index is 1430. The van der Waals surface area contributed by atoms with Crippen LogP contribution in [-0.4, -0.2) is 80.6 Å². The van der Waals surface area contributed by atoms with Gasteiger partial charge in [-0.1, -0.05) is 26.2 Å². The summed E-state index contributed by atoms with van der Waals surface area (Å²) in [6.07, 6.45) is 2.44. The zero-order valence-corrected chi connectivity index (χ0v) is 25.0. The highest BCUT2D eigenvalue weighted by Gasteiger charge is 2.68. The summed E-state index contributed by atoms with van der Waals surface area (Å²) in [6, 6.07) is 1.67. The second-order valence-corrected chi connectivity index (χ2v) is 12.8. The zero-order chi connectivity index (χ0) is 30.1. The van der Waals surface area contributed by atoms with Crippen LogP contribution in [0.25, 0.3) is 0 Å². The molecule has 6 N–H and O–H groups in total. The number of Topliss-reactive ketones (excluding diaryl/α,β-unsaturated/α-hetero) is 2. The van der Waals surface area contributed by atoms with E-state index in [0.29, 0.717) is 22.0 Å². The van der Waals surface area contributed by atoms with Gasteiger partial charge in [-0.2, -0.15) is 0 Å². The molecule has 0 unspecified atom stereocenters.